The third-order valence-corrected chi connectivity index (χ3v) is 3.40. The molecule has 2 N–H and O–H groups in total. The number of halogens is 3. The van der Waals surface area contributed by atoms with E-state index in [1.165, 1.54) is 0 Å². The standard InChI is InChI=1S/C9H8Br3N/c1-2-8(13)9-6(11)3-5(10)4-7(9)12/h2-4,8H,1,13H2. The Balaban J connectivity index is 3.28. The van der Waals surface area contributed by atoms with Gasteiger partial charge < -0.3 is 5.73 Å². The minimum Gasteiger partial charge on any atom is -0.321 e. The van der Waals surface area contributed by atoms with Crippen molar-refractivity contribution in [1.82, 2.24) is 0 Å². The van der Waals surface area contributed by atoms with Crippen LogP contribution in [0.5, 0.6) is 0 Å². The lowest BCUT2D eigenvalue weighted by Gasteiger charge is -2.12. The van der Waals surface area contributed by atoms with Crippen molar-refractivity contribution in [3.63, 3.8) is 0 Å². The van der Waals surface area contributed by atoms with Crippen LogP contribution in [0.4, 0.5) is 0 Å². The Morgan fingerprint density at radius 1 is 1.23 bits per heavy atom. The molecule has 1 unspecified atom stereocenters. The summed E-state index contributed by atoms with van der Waals surface area (Å²) in [5, 5.41) is 0. The van der Waals surface area contributed by atoms with Crippen molar-refractivity contribution < 1.29 is 0 Å². The molecular formula is C9H8Br3N. The Labute approximate surface area is 103 Å². The zero-order chi connectivity index (χ0) is 10.0. The van der Waals surface area contributed by atoms with E-state index in [9.17, 15) is 0 Å². The van der Waals surface area contributed by atoms with Gasteiger partial charge >= 0.3 is 0 Å². The normalized spacial score (nSPS) is 12.6. The van der Waals surface area contributed by atoms with Gasteiger partial charge in [-0.1, -0.05) is 53.9 Å². The lowest BCUT2D eigenvalue weighted by molar-refractivity contribution is 0.900. The van der Waals surface area contributed by atoms with Gasteiger partial charge in [-0.3, -0.25) is 0 Å². The van der Waals surface area contributed by atoms with Gasteiger partial charge in [0.1, 0.15) is 0 Å². The lowest BCUT2D eigenvalue weighted by Crippen LogP contribution is -2.08. The molecule has 0 aliphatic carbocycles. The van der Waals surface area contributed by atoms with E-state index < -0.39 is 0 Å². The Morgan fingerprint density at radius 2 is 1.69 bits per heavy atom. The third kappa shape index (κ3) is 2.65. The fourth-order valence-corrected chi connectivity index (χ4v) is 3.78. The largest absolute Gasteiger partial charge is 0.321 e. The van der Waals surface area contributed by atoms with E-state index in [0.29, 0.717) is 0 Å². The van der Waals surface area contributed by atoms with Crippen molar-refractivity contribution in [2.24, 2.45) is 5.73 Å². The maximum absolute atomic E-state index is 5.85. The zero-order valence-electron chi connectivity index (χ0n) is 6.73. The molecule has 1 aromatic carbocycles. The highest BCUT2D eigenvalue weighted by Gasteiger charge is 2.11. The van der Waals surface area contributed by atoms with Crippen molar-refractivity contribution in [2.45, 2.75) is 6.04 Å². The van der Waals surface area contributed by atoms with Crippen LogP contribution in [0, 0.1) is 0 Å². The summed E-state index contributed by atoms with van der Waals surface area (Å²) in [6.07, 6.45) is 1.71. The maximum atomic E-state index is 5.85. The van der Waals surface area contributed by atoms with Crippen molar-refractivity contribution in [3.8, 4) is 0 Å². The summed E-state index contributed by atoms with van der Waals surface area (Å²) >= 11 is 10.3. The number of nitrogens with two attached hydrogens (primary N) is 1. The van der Waals surface area contributed by atoms with Crippen LogP contribution in [-0.4, -0.2) is 0 Å². The molecule has 4 heteroatoms. The number of benzene rings is 1. The van der Waals surface area contributed by atoms with Crippen LogP contribution in [0.25, 0.3) is 0 Å². The lowest BCUT2D eigenvalue weighted by atomic mass is 10.1. The first-order valence-electron chi connectivity index (χ1n) is 3.59. The summed E-state index contributed by atoms with van der Waals surface area (Å²) in [6, 6.07) is 3.77. The number of hydrogen-bond donors (Lipinski definition) is 1. The quantitative estimate of drug-likeness (QED) is 0.778. The summed E-state index contributed by atoms with van der Waals surface area (Å²) < 4.78 is 2.95. The van der Waals surface area contributed by atoms with Gasteiger partial charge in [0.05, 0.1) is 6.04 Å². The van der Waals surface area contributed by atoms with Gasteiger partial charge in [-0.05, 0) is 12.1 Å². The van der Waals surface area contributed by atoms with Gasteiger partial charge in [0.15, 0.2) is 0 Å². The monoisotopic (exact) mass is 367 g/mol. The summed E-state index contributed by atoms with van der Waals surface area (Å²) in [6.45, 7) is 3.66. The molecule has 1 aromatic rings. The van der Waals surface area contributed by atoms with Crippen molar-refractivity contribution in [2.75, 3.05) is 0 Å². The predicted octanol–water partition coefficient (Wildman–Crippen LogP) is 4.16. The van der Waals surface area contributed by atoms with Crippen LogP contribution in [0.3, 0.4) is 0 Å². The average molecular weight is 370 g/mol. The number of rotatable bonds is 2. The molecule has 0 saturated heterocycles. The molecule has 0 aromatic heterocycles. The Kier molecular flexibility index (Phi) is 4.16. The van der Waals surface area contributed by atoms with Crippen LogP contribution in [0.1, 0.15) is 11.6 Å². The molecule has 70 valence electrons. The Hall–Kier alpha value is 0.360. The SMILES string of the molecule is C=CC(N)c1c(Br)cc(Br)cc1Br. The zero-order valence-corrected chi connectivity index (χ0v) is 11.5. The van der Waals surface area contributed by atoms with Gasteiger partial charge in [-0.25, -0.2) is 0 Å². The molecule has 1 rings (SSSR count). The first kappa shape index (κ1) is 11.4. The van der Waals surface area contributed by atoms with E-state index in [0.717, 1.165) is 19.0 Å². The van der Waals surface area contributed by atoms with Gasteiger partial charge in [-0.2, -0.15) is 0 Å². The van der Waals surface area contributed by atoms with E-state index >= 15 is 0 Å². The third-order valence-electron chi connectivity index (χ3n) is 1.63. The molecule has 1 nitrogen and oxygen atoms in total. The van der Waals surface area contributed by atoms with Crippen molar-refractivity contribution in [3.05, 3.63) is 43.8 Å². The topological polar surface area (TPSA) is 26.0 Å². The van der Waals surface area contributed by atoms with E-state index in [1.54, 1.807) is 6.08 Å². The maximum Gasteiger partial charge on any atom is 0.0501 e. The minimum atomic E-state index is -0.156. The van der Waals surface area contributed by atoms with Gasteiger partial charge in [0.2, 0.25) is 0 Å². The van der Waals surface area contributed by atoms with Crippen LogP contribution in [-0.2, 0) is 0 Å². The highest BCUT2D eigenvalue weighted by Crippen LogP contribution is 2.33. The van der Waals surface area contributed by atoms with Crippen molar-refractivity contribution >= 4 is 47.8 Å². The van der Waals surface area contributed by atoms with E-state index in [-0.39, 0.29) is 6.04 Å². The molecule has 0 bridgehead atoms. The minimum absolute atomic E-state index is 0.156. The molecule has 0 aliphatic heterocycles. The second kappa shape index (κ2) is 4.73. The summed E-state index contributed by atoms with van der Waals surface area (Å²) in [7, 11) is 0. The predicted molar refractivity (Wildman–Crippen MR) is 66.7 cm³/mol. The Morgan fingerprint density at radius 3 is 2.08 bits per heavy atom. The van der Waals surface area contributed by atoms with Crippen LogP contribution in [0.2, 0.25) is 0 Å². The molecule has 0 fully saturated rings. The molecule has 0 radical (unpaired) electrons. The molecule has 0 saturated carbocycles. The molecular weight excluding hydrogens is 362 g/mol. The van der Waals surface area contributed by atoms with E-state index in [1.807, 2.05) is 12.1 Å². The second-order valence-electron chi connectivity index (χ2n) is 2.54. The molecule has 0 spiro atoms. The molecule has 0 aliphatic rings. The second-order valence-corrected chi connectivity index (χ2v) is 5.17. The van der Waals surface area contributed by atoms with Gasteiger partial charge in [0.25, 0.3) is 0 Å². The fraction of sp³-hybridized carbons (Fsp3) is 0.111. The summed E-state index contributed by atoms with van der Waals surface area (Å²) in [5.74, 6) is 0. The van der Waals surface area contributed by atoms with Gasteiger partial charge in [0, 0.05) is 19.0 Å². The average Bonchev–Trinajstić information content (AvgIpc) is 2.02. The molecule has 0 heterocycles. The van der Waals surface area contributed by atoms with E-state index in [2.05, 4.69) is 54.4 Å². The van der Waals surface area contributed by atoms with Crippen LogP contribution < -0.4 is 5.73 Å². The summed E-state index contributed by atoms with van der Waals surface area (Å²) in [5.41, 5.74) is 6.86. The molecule has 0 amide bonds. The molecule has 1 atom stereocenters. The van der Waals surface area contributed by atoms with E-state index in [4.69, 9.17) is 5.73 Å². The highest BCUT2D eigenvalue weighted by molar-refractivity contribution is 9.11. The smallest absolute Gasteiger partial charge is 0.0501 e. The summed E-state index contributed by atoms with van der Waals surface area (Å²) in [4.78, 5) is 0. The first-order chi connectivity index (χ1) is 6.06. The highest BCUT2D eigenvalue weighted by atomic mass is 79.9. The number of hydrogen-bond acceptors (Lipinski definition) is 1. The van der Waals surface area contributed by atoms with Crippen molar-refractivity contribution in [1.29, 1.82) is 0 Å². The molecule has 13 heavy (non-hydrogen) atoms. The van der Waals surface area contributed by atoms with Gasteiger partial charge in [-0.15, -0.1) is 6.58 Å². The van der Waals surface area contributed by atoms with Crippen LogP contribution in [0.15, 0.2) is 38.2 Å². The first-order valence-corrected chi connectivity index (χ1v) is 5.96. The Bertz CT molecular complexity index is 313. The fourth-order valence-electron chi connectivity index (χ4n) is 0.990. The van der Waals surface area contributed by atoms with Crippen LogP contribution >= 0.6 is 47.8 Å².